The summed E-state index contributed by atoms with van der Waals surface area (Å²) in [6.07, 6.45) is 1.34. The average Bonchev–Trinajstić information content (AvgIpc) is 2.16. The van der Waals surface area contributed by atoms with Crippen LogP contribution in [0, 0.1) is 11.3 Å². The molecule has 0 aliphatic rings. The highest BCUT2D eigenvalue weighted by molar-refractivity contribution is 5.84. The highest BCUT2D eigenvalue weighted by Gasteiger charge is 2.00. The van der Waals surface area contributed by atoms with E-state index in [1.54, 1.807) is 18.2 Å². The number of fused-ring (bicyclic) bond motifs is 1. The third kappa shape index (κ3) is 1.18. The Balaban J connectivity index is 2.87. The number of benzene rings is 1. The number of hydrogen-bond acceptors (Lipinski definition) is 3. The standard InChI is InChI=1S/C10H6N2O/c11-5-8-3-1-2-7-4-9(13)6-12-10(7)8/h1-4,6,13H. The Labute approximate surface area is 74.9 Å². The van der Waals surface area contributed by atoms with Gasteiger partial charge in [-0.25, -0.2) is 0 Å². The first-order valence-corrected chi connectivity index (χ1v) is 3.79. The summed E-state index contributed by atoms with van der Waals surface area (Å²) in [5.74, 6) is 0.114. The minimum Gasteiger partial charge on any atom is -0.506 e. The van der Waals surface area contributed by atoms with Crippen LogP contribution in [0.15, 0.2) is 30.5 Å². The molecular formula is C10H6N2O. The van der Waals surface area contributed by atoms with Gasteiger partial charge in [-0.2, -0.15) is 5.26 Å². The zero-order valence-corrected chi connectivity index (χ0v) is 6.73. The lowest BCUT2D eigenvalue weighted by atomic mass is 10.1. The van der Waals surface area contributed by atoms with Gasteiger partial charge in [0.2, 0.25) is 0 Å². The molecule has 1 aromatic heterocycles. The molecule has 13 heavy (non-hydrogen) atoms. The average molecular weight is 170 g/mol. The Morgan fingerprint density at radius 3 is 3.00 bits per heavy atom. The summed E-state index contributed by atoms with van der Waals surface area (Å²) in [7, 11) is 0. The second-order valence-corrected chi connectivity index (χ2v) is 2.68. The van der Waals surface area contributed by atoms with Crippen molar-refractivity contribution in [3.8, 4) is 11.8 Å². The molecule has 0 spiro atoms. The van der Waals surface area contributed by atoms with Crippen LogP contribution in [-0.4, -0.2) is 10.1 Å². The molecule has 0 bridgehead atoms. The third-order valence-electron chi connectivity index (χ3n) is 1.82. The predicted octanol–water partition coefficient (Wildman–Crippen LogP) is 1.81. The van der Waals surface area contributed by atoms with Gasteiger partial charge in [-0.15, -0.1) is 0 Å². The monoisotopic (exact) mass is 170 g/mol. The highest BCUT2D eigenvalue weighted by Crippen LogP contribution is 2.19. The number of nitriles is 1. The van der Waals surface area contributed by atoms with E-state index in [1.165, 1.54) is 6.20 Å². The van der Waals surface area contributed by atoms with Crippen molar-refractivity contribution in [3.05, 3.63) is 36.0 Å². The number of para-hydroxylation sites is 1. The number of nitrogens with zero attached hydrogens (tertiary/aromatic N) is 2. The molecule has 0 aliphatic carbocycles. The van der Waals surface area contributed by atoms with Gasteiger partial charge < -0.3 is 5.11 Å². The molecule has 0 radical (unpaired) electrons. The fourth-order valence-electron chi connectivity index (χ4n) is 1.24. The van der Waals surface area contributed by atoms with Gasteiger partial charge in [-0.05, 0) is 12.1 Å². The van der Waals surface area contributed by atoms with Crippen molar-refractivity contribution in [2.45, 2.75) is 0 Å². The van der Waals surface area contributed by atoms with E-state index in [-0.39, 0.29) is 5.75 Å². The van der Waals surface area contributed by atoms with Crippen LogP contribution in [0.3, 0.4) is 0 Å². The molecule has 0 fully saturated rings. The molecule has 62 valence electrons. The minimum absolute atomic E-state index is 0.114. The van der Waals surface area contributed by atoms with E-state index >= 15 is 0 Å². The topological polar surface area (TPSA) is 56.9 Å². The number of rotatable bonds is 0. The van der Waals surface area contributed by atoms with Gasteiger partial charge in [0.1, 0.15) is 11.8 Å². The van der Waals surface area contributed by atoms with Gasteiger partial charge in [-0.3, -0.25) is 4.98 Å². The largest absolute Gasteiger partial charge is 0.506 e. The number of aromatic hydroxyl groups is 1. The third-order valence-corrected chi connectivity index (χ3v) is 1.82. The van der Waals surface area contributed by atoms with Crippen LogP contribution in [0.5, 0.6) is 5.75 Å². The molecule has 3 nitrogen and oxygen atoms in total. The molecule has 2 aromatic rings. The Bertz CT molecular complexity index is 500. The van der Waals surface area contributed by atoms with Gasteiger partial charge in [0, 0.05) is 5.39 Å². The second-order valence-electron chi connectivity index (χ2n) is 2.68. The molecule has 0 atom stereocenters. The molecule has 0 unspecified atom stereocenters. The van der Waals surface area contributed by atoms with Gasteiger partial charge in [0.25, 0.3) is 0 Å². The van der Waals surface area contributed by atoms with Crippen LogP contribution in [0.1, 0.15) is 5.56 Å². The Morgan fingerprint density at radius 1 is 1.38 bits per heavy atom. The molecular weight excluding hydrogens is 164 g/mol. The molecule has 1 heterocycles. The Morgan fingerprint density at radius 2 is 2.23 bits per heavy atom. The van der Waals surface area contributed by atoms with Crippen LogP contribution >= 0.6 is 0 Å². The van der Waals surface area contributed by atoms with Gasteiger partial charge >= 0.3 is 0 Å². The summed E-state index contributed by atoms with van der Waals surface area (Å²) >= 11 is 0. The van der Waals surface area contributed by atoms with E-state index in [0.717, 1.165) is 5.39 Å². The lowest BCUT2D eigenvalue weighted by molar-refractivity contribution is 0.474. The SMILES string of the molecule is N#Cc1cccc2cc(O)cnc12. The first-order chi connectivity index (χ1) is 6.31. The van der Waals surface area contributed by atoms with E-state index in [0.29, 0.717) is 11.1 Å². The van der Waals surface area contributed by atoms with Gasteiger partial charge in [0.15, 0.2) is 0 Å². The van der Waals surface area contributed by atoms with Gasteiger partial charge in [0.05, 0.1) is 17.3 Å². The Hall–Kier alpha value is -2.08. The lowest BCUT2D eigenvalue weighted by Crippen LogP contribution is -1.82. The van der Waals surface area contributed by atoms with Crippen molar-refractivity contribution >= 4 is 10.9 Å². The molecule has 1 aromatic carbocycles. The number of aromatic nitrogens is 1. The van der Waals surface area contributed by atoms with Crippen molar-refractivity contribution in [3.63, 3.8) is 0 Å². The minimum atomic E-state index is 0.114. The first-order valence-electron chi connectivity index (χ1n) is 3.79. The van der Waals surface area contributed by atoms with Crippen molar-refractivity contribution in [2.24, 2.45) is 0 Å². The maximum absolute atomic E-state index is 9.15. The molecule has 2 rings (SSSR count). The quantitative estimate of drug-likeness (QED) is 0.656. The first kappa shape index (κ1) is 7.56. The van der Waals surface area contributed by atoms with Crippen molar-refractivity contribution in [1.29, 1.82) is 5.26 Å². The number of hydrogen-bond donors (Lipinski definition) is 1. The Kier molecular flexibility index (Phi) is 1.60. The summed E-state index contributed by atoms with van der Waals surface area (Å²) in [6, 6.07) is 8.91. The van der Waals surface area contributed by atoms with Crippen LogP contribution in [0.4, 0.5) is 0 Å². The lowest BCUT2D eigenvalue weighted by Gasteiger charge is -1.98. The van der Waals surface area contributed by atoms with Gasteiger partial charge in [-0.1, -0.05) is 12.1 Å². The van der Waals surface area contributed by atoms with Crippen LogP contribution in [0.25, 0.3) is 10.9 Å². The smallest absolute Gasteiger partial charge is 0.134 e. The molecule has 0 aliphatic heterocycles. The normalized spacial score (nSPS) is 9.77. The van der Waals surface area contributed by atoms with E-state index in [1.807, 2.05) is 12.1 Å². The van der Waals surface area contributed by atoms with E-state index in [2.05, 4.69) is 4.98 Å². The maximum Gasteiger partial charge on any atom is 0.134 e. The zero-order valence-electron chi connectivity index (χ0n) is 6.73. The molecule has 0 amide bonds. The van der Waals surface area contributed by atoms with Crippen LogP contribution in [0.2, 0.25) is 0 Å². The maximum atomic E-state index is 9.15. The molecule has 0 saturated carbocycles. The van der Waals surface area contributed by atoms with E-state index in [9.17, 15) is 0 Å². The highest BCUT2D eigenvalue weighted by atomic mass is 16.3. The van der Waals surface area contributed by atoms with Crippen molar-refractivity contribution in [2.75, 3.05) is 0 Å². The van der Waals surface area contributed by atoms with Crippen molar-refractivity contribution < 1.29 is 5.11 Å². The van der Waals surface area contributed by atoms with E-state index in [4.69, 9.17) is 10.4 Å². The second kappa shape index (κ2) is 2.76. The fourth-order valence-corrected chi connectivity index (χ4v) is 1.24. The fraction of sp³-hybridized carbons (Fsp3) is 0. The summed E-state index contributed by atoms with van der Waals surface area (Å²) in [5.41, 5.74) is 1.15. The van der Waals surface area contributed by atoms with Crippen molar-refractivity contribution in [1.82, 2.24) is 4.98 Å². The molecule has 0 saturated heterocycles. The molecule has 1 N–H and O–H groups in total. The summed E-state index contributed by atoms with van der Waals surface area (Å²) in [4.78, 5) is 3.98. The summed E-state index contributed by atoms with van der Waals surface area (Å²) in [6.45, 7) is 0. The summed E-state index contributed by atoms with van der Waals surface area (Å²) in [5, 5.41) is 18.7. The van der Waals surface area contributed by atoms with E-state index < -0.39 is 0 Å². The molecule has 3 heteroatoms. The van der Waals surface area contributed by atoms with Crippen LogP contribution in [-0.2, 0) is 0 Å². The zero-order chi connectivity index (χ0) is 9.26. The number of pyridine rings is 1. The predicted molar refractivity (Wildman–Crippen MR) is 48.1 cm³/mol. The summed E-state index contributed by atoms with van der Waals surface area (Å²) < 4.78 is 0. The van der Waals surface area contributed by atoms with Crippen LogP contribution < -0.4 is 0 Å².